The summed E-state index contributed by atoms with van der Waals surface area (Å²) >= 11 is 0. The zero-order valence-corrected chi connectivity index (χ0v) is 11.6. The van der Waals surface area contributed by atoms with Gasteiger partial charge in [0.15, 0.2) is 0 Å². The highest BCUT2D eigenvalue weighted by Crippen LogP contribution is 2.19. The van der Waals surface area contributed by atoms with E-state index in [0.29, 0.717) is 25.9 Å². The Morgan fingerprint density at radius 2 is 1.95 bits per heavy atom. The fourth-order valence-corrected chi connectivity index (χ4v) is 2.05. The maximum Gasteiger partial charge on any atom is 0.326 e. The maximum absolute atomic E-state index is 12.3. The van der Waals surface area contributed by atoms with Crippen LogP contribution in [-0.2, 0) is 9.59 Å². The average Bonchev–Trinajstić information content (AvgIpc) is 2.83. The molecule has 1 heterocycles. The molecule has 0 unspecified atom stereocenters. The third kappa shape index (κ3) is 3.59. The molecule has 108 valence electrons. The van der Waals surface area contributed by atoms with Gasteiger partial charge in [0.25, 0.3) is 0 Å². The molecule has 0 bridgehead atoms. The molecule has 1 rings (SSSR count). The summed E-state index contributed by atoms with van der Waals surface area (Å²) in [6.07, 6.45) is 1.15. The van der Waals surface area contributed by atoms with E-state index in [0.717, 1.165) is 0 Å². The van der Waals surface area contributed by atoms with Gasteiger partial charge in [0, 0.05) is 27.2 Å². The topological polar surface area (TPSA) is 81.2 Å². The van der Waals surface area contributed by atoms with Crippen LogP contribution in [-0.4, -0.2) is 77.5 Å². The zero-order chi connectivity index (χ0) is 14.6. The first-order chi connectivity index (χ1) is 8.88. The first-order valence-electron chi connectivity index (χ1n) is 6.37. The minimum Gasteiger partial charge on any atom is -0.480 e. The van der Waals surface area contributed by atoms with Crippen molar-refractivity contribution in [3.63, 3.8) is 0 Å². The highest BCUT2D eigenvalue weighted by Gasteiger charge is 2.36. The summed E-state index contributed by atoms with van der Waals surface area (Å²) in [6.45, 7) is 2.56. The first kappa shape index (κ1) is 15.3. The number of hydrogen-bond donors (Lipinski definition) is 1. The van der Waals surface area contributed by atoms with Crippen molar-refractivity contribution >= 4 is 17.9 Å². The molecule has 0 aromatic heterocycles. The van der Waals surface area contributed by atoms with E-state index in [1.54, 1.807) is 21.0 Å². The van der Waals surface area contributed by atoms with Crippen LogP contribution in [0.25, 0.3) is 0 Å². The average molecular weight is 271 g/mol. The molecular weight excluding hydrogens is 250 g/mol. The Morgan fingerprint density at radius 3 is 2.42 bits per heavy atom. The smallest absolute Gasteiger partial charge is 0.326 e. The predicted octanol–water partition coefficient (Wildman–Crippen LogP) is 0.0655. The molecule has 1 N–H and O–H groups in total. The van der Waals surface area contributed by atoms with E-state index in [2.05, 4.69) is 0 Å². The summed E-state index contributed by atoms with van der Waals surface area (Å²) in [6, 6.07) is -1.14. The lowest BCUT2D eigenvalue weighted by molar-refractivity contribution is -0.141. The molecule has 0 radical (unpaired) electrons. The molecule has 19 heavy (non-hydrogen) atoms. The second-order valence-corrected chi connectivity index (χ2v) is 4.77. The SMILES string of the molecule is CCN(CC(=O)N(C)C)C(=O)N1CCC[C@@H]1C(=O)O. The molecule has 1 saturated heterocycles. The molecular formula is C12H21N3O4. The van der Waals surface area contributed by atoms with Crippen molar-refractivity contribution in [2.45, 2.75) is 25.8 Å². The van der Waals surface area contributed by atoms with Crippen LogP contribution in [0.5, 0.6) is 0 Å². The Bertz CT molecular complexity index is 370. The standard InChI is InChI=1S/C12H21N3O4/c1-4-14(8-10(16)13(2)3)12(19)15-7-5-6-9(15)11(17)18/h9H,4-8H2,1-3H3,(H,17,18)/t9-/m1/s1. The van der Waals surface area contributed by atoms with Gasteiger partial charge >= 0.3 is 12.0 Å². The van der Waals surface area contributed by atoms with Crippen LogP contribution >= 0.6 is 0 Å². The van der Waals surface area contributed by atoms with Crippen LogP contribution in [0.2, 0.25) is 0 Å². The van der Waals surface area contributed by atoms with Crippen LogP contribution < -0.4 is 0 Å². The number of amides is 3. The molecule has 0 aromatic rings. The number of carbonyl (C=O) groups is 3. The van der Waals surface area contributed by atoms with Crippen molar-refractivity contribution in [2.24, 2.45) is 0 Å². The van der Waals surface area contributed by atoms with Gasteiger partial charge in [0.2, 0.25) is 5.91 Å². The molecule has 0 aliphatic carbocycles. The Hall–Kier alpha value is -1.79. The number of nitrogens with zero attached hydrogens (tertiary/aromatic N) is 3. The first-order valence-corrected chi connectivity index (χ1v) is 6.37. The van der Waals surface area contributed by atoms with E-state index < -0.39 is 12.0 Å². The zero-order valence-electron chi connectivity index (χ0n) is 11.6. The highest BCUT2D eigenvalue weighted by atomic mass is 16.4. The lowest BCUT2D eigenvalue weighted by Crippen LogP contribution is -2.50. The number of likely N-dealkylation sites (tertiary alicyclic amines) is 1. The van der Waals surface area contributed by atoms with E-state index in [9.17, 15) is 14.4 Å². The van der Waals surface area contributed by atoms with Crippen molar-refractivity contribution in [3.8, 4) is 0 Å². The van der Waals surface area contributed by atoms with Crippen molar-refractivity contribution in [1.29, 1.82) is 0 Å². The number of rotatable bonds is 4. The largest absolute Gasteiger partial charge is 0.480 e. The number of aliphatic carboxylic acids is 1. The van der Waals surface area contributed by atoms with E-state index in [-0.39, 0.29) is 18.5 Å². The molecule has 0 aromatic carbocycles. The van der Waals surface area contributed by atoms with Gasteiger partial charge in [0.1, 0.15) is 12.6 Å². The quantitative estimate of drug-likeness (QED) is 0.784. The fraction of sp³-hybridized carbons (Fsp3) is 0.750. The van der Waals surface area contributed by atoms with Crippen LogP contribution in [0.4, 0.5) is 4.79 Å². The number of carboxylic acids is 1. The minimum atomic E-state index is -0.985. The lowest BCUT2D eigenvalue weighted by atomic mass is 10.2. The van der Waals surface area contributed by atoms with Crippen molar-refractivity contribution in [1.82, 2.24) is 14.7 Å². The molecule has 3 amide bonds. The number of urea groups is 1. The molecule has 1 atom stereocenters. The van der Waals surface area contributed by atoms with Crippen molar-refractivity contribution in [2.75, 3.05) is 33.7 Å². The molecule has 7 heteroatoms. The summed E-state index contributed by atoms with van der Waals surface area (Å²) in [7, 11) is 3.24. The summed E-state index contributed by atoms with van der Waals surface area (Å²) in [5, 5.41) is 9.07. The highest BCUT2D eigenvalue weighted by molar-refractivity contribution is 5.87. The Balaban J connectivity index is 2.73. The number of carboxylic acid groups (broad SMARTS) is 1. The molecule has 7 nitrogen and oxygen atoms in total. The van der Waals surface area contributed by atoms with Crippen LogP contribution in [0, 0.1) is 0 Å². The second-order valence-electron chi connectivity index (χ2n) is 4.77. The summed E-state index contributed by atoms with van der Waals surface area (Å²) in [4.78, 5) is 39.1. The molecule has 0 saturated carbocycles. The molecule has 0 spiro atoms. The van der Waals surface area contributed by atoms with Gasteiger partial charge in [-0.3, -0.25) is 4.79 Å². The third-order valence-corrected chi connectivity index (χ3v) is 3.26. The Kier molecular flexibility index (Phi) is 5.14. The number of likely N-dealkylation sites (N-methyl/N-ethyl adjacent to an activating group) is 2. The monoisotopic (exact) mass is 271 g/mol. The minimum absolute atomic E-state index is 0.0226. The summed E-state index contributed by atoms with van der Waals surface area (Å²) in [5.41, 5.74) is 0. The molecule has 1 fully saturated rings. The summed E-state index contributed by atoms with van der Waals surface area (Å²) in [5.74, 6) is -1.16. The van der Waals surface area contributed by atoms with Gasteiger partial charge in [-0.2, -0.15) is 0 Å². The van der Waals surface area contributed by atoms with Crippen LogP contribution in [0.3, 0.4) is 0 Å². The van der Waals surface area contributed by atoms with Gasteiger partial charge < -0.3 is 19.8 Å². The third-order valence-electron chi connectivity index (χ3n) is 3.26. The van der Waals surface area contributed by atoms with Gasteiger partial charge in [0.05, 0.1) is 0 Å². The van der Waals surface area contributed by atoms with Crippen LogP contribution in [0.15, 0.2) is 0 Å². The van der Waals surface area contributed by atoms with Gasteiger partial charge in [-0.1, -0.05) is 0 Å². The molecule has 1 aliphatic heterocycles. The van der Waals surface area contributed by atoms with Gasteiger partial charge in [-0.15, -0.1) is 0 Å². The molecule has 1 aliphatic rings. The van der Waals surface area contributed by atoms with Crippen molar-refractivity contribution in [3.05, 3.63) is 0 Å². The normalized spacial score (nSPS) is 18.3. The number of hydrogen-bond acceptors (Lipinski definition) is 3. The van der Waals surface area contributed by atoms with Gasteiger partial charge in [-0.25, -0.2) is 9.59 Å². The number of carbonyl (C=O) groups excluding carboxylic acids is 2. The maximum atomic E-state index is 12.3. The fourth-order valence-electron chi connectivity index (χ4n) is 2.05. The second kappa shape index (κ2) is 6.40. The van der Waals surface area contributed by atoms with E-state index in [1.807, 2.05) is 0 Å². The van der Waals surface area contributed by atoms with E-state index in [1.165, 1.54) is 14.7 Å². The Labute approximate surface area is 112 Å². The summed E-state index contributed by atoms with van der Waals surface area (Å²) < 4.78 is 0. The van der Waals surface area contributed by atoms with E-state index >= 15 is 0 Å². The van der Waals surface area contributed by atoms with E-state index in [4.69, 9.17) is 5.11 Å². The van der Waals surface area contributed by atoms with Crippen molar-refractivity contribution < 1.29 is 19.5 Å². The van der Waals surface area contributed by atoms with Gasteiger partial charge in [-0.05, 0) is 19.8 Å². The Morgan fingerprint density at radius 1 is 1.32 bits per heavy atom. The van der Waals surface area contributed by atoms with Crippen LogP contribution in [0.1, 0.15) is 19.8 Å². The lowest BCUT2D eigenvalue weighted by Gasteiger charge is -2.29. The predicted molar refractivity (Wildman–Crippen MR) is 68.7 cm³/mol.